The minimum absolute atomic E-state index is 0.0440. The van der Waals surface area contributed by atoms with Crippen LogP contribution in [0.2, 0.25) is 0 Å². The summed E-state index contributed by atoms with van der Waals surface area (Å²) in [6.07, 6.45) is -1.11. The second-order valence-electron chi connectivity index (χ2n) is 12.6. The van der Waals surface area contributed by atoms with Gasteiger partial charge in [0.05, 0.1) is 31.1 Å². The Labute approximate surface area is 249 Å². The van der Waals surface area contributed by atoms with Gasteiger partial charge in [-0.25, -0.2) is 18.3 Å². The number of hydrogen-bond acceptors (Lipinski definition) is 7. The number of carbonyl (C=O) groups excluding carboxylic acids is 1. The van der Waals surface area contributed by atoms with E-state index in [-0.39, 0.29) is 61.2 Å². The standard InChI is InChI=1S/C30H40F2N6O5/c1-18-12-35(23(14-36(18)29(41)42)13-34-7-8-43-16-19(34)2)15-26(39)37-17-30(3,4)27-25(37)10-21(28(40)38(27)33)9-20-5-6-22(31)11-24(20)32/h5-6,10-11,18-19,23H,7-9,12-17,33H2,1-4H3,(H,41,42)/t18-,19-,23+/m1/s1. The molecule has 2 aromatic rings. The Kier molecular flexibility index (Phi) is 8.52. The van der Waals surface area contributed by atoms with E-state index in [4.69, 9.17) is 10.6 Å². The lowest BCUT2D eigenvalue weighted by Gasteiger charge is -2.47. The van der Waals surface area contributed by atoms with Crippen molar-refractivity contribution in [3.8, 4) is 0 Å². The number of halogens is 2. The highest BCUT2D eigenvalue weighted by Gasteiger charge is 2.43. The molecule has 13 heteroatoms. The molecule has 3 aliphatic heterocycles. The molecule has 0 saturated carbocycles. The zero-order valence-electron chi connectivity index (χ0n) is 25.1. The van der Waals surface area contributed by atoms with Crippen LogP contribution in [0.25, 0.3) is 0 Å². The fraction of sp³-hybridized carbons (Fsp3) is 0.567. The van der Waals surface area contributed by atoms with Gasteiger partial charge in [-0.05, 0) is 31.5 Å². The summed E-state index contributed by atoms with van der Waals surface area (Å²) in [4.78, 5) is 46.6. The van der Waals surface area contributed by atoms with E-state index in [0.717, 1.165) is 23.4 Å². The van der Waals surface area contributed by atoms with E-state index in [2.05, 4.69) is 11.8 Å². The Hall–Kier alpha value is -3.55. The summed E-state index contributed by atoms with van der Waals surface area (Å²) in [5, 5.41) is 9.82. The number of nitrogens with two attached hydrogens (primary N) is 1. The predicted octanol–water partition coefficient (Wildman–Crippen LogP) is 1.83. The number of aromatic nitrogens is 1. The first-order chi connectivity index (χ1) is 20.3. The van der Waals surface area contributed by atoms with Crippen molar-refractivity contribution in [3.05, 3.63) is 63.1 Å². The molecule has 2 fully saturated rings. The van der Waals surface area contributed by atoms with Crippen molar-refractivity contribution >= 4 is 17.7 Å². The third-order valence-electron chi connectivity index (χ3n) is 8.96. The molecule has 0 bridgehead atoms. The predicted molar refractivity (Wildman–Crippen MR) is 157 cm³/mol. The van der Waals surface area contributed by atoms with Crippen LogP contribution in [0.3, 0.4) is 0 Å². The molecule has 0 radical (unpaired) electrons. The van der Waals surface area contributed by atoms with Gasteiger partial charge in [-0.2, -0.15) is 0 Å². The van der Waals surface area contributed by atoms with Gasteiger partial charge < -0.3 is 25.5 Å². The molecule has 3 aliphatic rings. The summed E-state index contributed by atoms with van der Waals surface area (Å²) < 4.78 is 34.6. The first kappa shape index (κ1) is 30.9. The summed E-state index contributed by atoms with van der Waals surface area (Å²) in [5.41, 5.74) is 0.144. The number of benzene rings is 1. The minimum atomic E-state index is -0.986. The summed E-state index contributed by atoms with van der Waals surface area (Å²) in [5.74, 6) is 4.60. The van der Waals surface area contributed by atoms with Crippen LogP contribution >= 0.6 is 0 Å². The van der Waals surface area contributed by atoms with Gasteiger partial charge in [-0.1, -0.05) is 19.9 Å². The van der Waals surface area contributed by atoms with E-state index in [1.54, 1.807) is 11.0 Å². The van der Waals surface area contributed by atoms with Gasteiger partial charge in [0.15, 0.2) is 0 Å². The molecule has 43 heavy (non-hydrogen) atoms. The topological polar surface area (TPSA) is 125 Å². The van der Waals surface area contributed by atoms with E-state index < -0.39 is 28.7 Å². The van der Waals surface area contributed by atoms with E-state index in [9.17, 15) is 28.3 Å². The SMILES string of the molecule is C[C@@H]1COCCN1C[C@H]1CN(C(=O)O)[C@H](C)CN1CC(=O)N1CC(C)(C)c2c1cc(Cc1ccc(F)cc1F)c(=O)n2N. The number of pyridine rings is 1. The highest BCUT2D eigenvalue weighted by molar-refractivity contribution is 5.97. The van der Waals surface area contributed by atoms with Crippen molar-refractivity contribution in [1.82, 2.24) is 19.4 Å². The maximum Gasteiger partial charge on any atom is 0.407 e. The fourth-order valence-corrected chi connectivity index (χ4v) is 6.63. The molecule has 0 spiro atoms. The number of nitrogen functional groups attached to an aromatic ring is 1. The average Bonchev–Trinajstić information content (AvgIpc) is 3.21. The van der Waals surface area contributed by atoms with E-state index in [0.29, 0.717) is 37.7 Å². The molecular weight excluding hydrogens is 562 g/mol. The number of hydrogen-bond donors (Lipinski definition) is 2. The number of anilines is 1. The molecule has 11 nitrogen and oxygen atoms in total. The highest BCUT2D eigenvalue weighted by atomic mass is 19.1. The lowest BCUT2D eigenvalue weighted by molar-refractivity contribution is -0.121. The highest BCUT2D eigenvalue weighted by Crippen LogP contribution is 2.40. The van der Waals surface area contributed by atoms with E-state index in [1.165, 1.54) is 11.0 Å². The maximum absolute atomic E-state index is 14.5. The van der Waals surface area contributed by atoms with Crippen molar-refractivity contribution in [2.45, 2.75) is 57.7 Å². The number of morpholine rings is 1. The summed E-state index contributed by atoms with van der Waals surface area (Å²) in [6.45, 7) is 11.2. The van der Waals surface area contributed by atoms with Crippen LogP contribution in [0, 0.1) is 11.6 Å². The van der Waals surface area contributed by atoms with Gasteiger partial charge in [0, 0.05) is 74.3 Å². The van der Waals surface area contributed by atoms with Crippen molar-refractivity contribution in [1.29, 1.82) is 0 Å². The number of piperazine rings is 1. The molecule has 0 unspecified atom stereocenters. The van der Waals surface area contributed by atoms with Crippen molar-refractivity contribution in [2.24, 2.45) is 0 Å². The van der Waals surface area contributed by atoms with Crippen LogP contribution < -0.4 is 16.3 Å². The molecule has 3 N–H and O–H groups in total. The van der Waals surface area contributed by atoms with Crippen LogP contribution in [0.5, 0.6) is 0 Å². The number of nitrogens with zero attached hydrogens (tertiary/aromatic N) is 5. The van der Waals surface area contributed by atoms with E-state index in [1.807, 2.05) is 25.7 Å². The lowest BCUT2D eigenvalue weighted by Crippen LogP contribution is -2.64. The van der Waals surface area contributed by atoms with Gasteiger partial charge >= 0.3 is 6.09 Å². The number of carboxylic acid groups (broad SMARTS) is 1. The third kappa shape index (κ3) is 6.11. The van der Waals surface area contributed by atoms with Gasteiger partial charge in [0.25, 0.3) is 5.56 Å². The van der Waals surface area contributed by atoms with Crippen LogP contribution in [-0.2, 0) is 21.4 Å². The average molecular weight is 603 g/mol. The lowest BCUT2D eigenvalue weighted by atomic mass is 9.90. The molecular formula is C30H40F2N6O5. The van der Waals surface area contributed by atoms with Crippen LogP contribution in [0.4, 0.5) is 19.3 Å². The van der Waals surface area contributed by atoms with Gasteiger partial charge in [0.2, 0.25) is 5.91 Å². The van der Waals surface area contributed by atoms with Crippen molar-refractivity contribution in [2.75, 3.05) is 63.2 Å². The molecule has 2 amide bonds. The molecule has 4 heterocycles. The van der Waals surface area contributed by atoms with Gasteiger partial charge in [0.1, 0.15) is 11.6 Å². The van der Waals surface area contributed by atoms with Gasteiger partial charge in [-0.15, -0.1) is 0 Å². The Morgan fingerprint density at radius 2 is 1.84 bits per heavy atom. The molecule has 2 saturated heterocycles. The number of ether oxygens (including phenoxy) is 1. The third-order valence-corrected chi connectivity index (χ3v) is 8.96. The molecule has 3 atom stereocenters. The normalized spacial score (nSPS) is 24.3. The zero-order chi connectivity index (χ0) is 31.2. The molecule has 5 rings (SSSR count). The Morgan fingerprint density at radius 1 is 1.09 bits per heavy atom. The Morgan fingerprint density at radius 3 is 2.51 bits per heavy atom. The zero-order valence-corrected chi connectivity index (χ0v) is 25.1. The summed E-state index contributed by atoms with van der Waals surface area (Å²) in [7, 11) is 0. The molecule has 234 valence electrons. The Balaban J connectivity index is 1.43. The largest absolute Gasteiger partial charge is 0.465 e. The van der Waals surface area contributed by atoms with Crippen LogP contribution in [0.1, 0.15) is 44.5 Å². The number of rotatable bonds is 6. The minimum Gasteiger partial charge on any atom is -0.465 e. The number of fused-ring (bicyclic) bond motifs is 1. The van der Waals surface area contributed by atoms with Crippen LogP contribution in [-0.4, -0.2) is 107 Å². The van der Waals surface area contributed by atoms with Crippen LogP contribution in [0.15, 0.2) is 29.1 Å². The molecule has 1 aromatic heterocycles. The Bertz CT molecular complexity index is 1470. The molecule has 1 aromatic carbocycles. The second-order valence-corrected chi connectivity index (χ2v) is 12.6. The fourth-order valence-electron chi connectivity index (χ4n) is 6.63. The number of amides is 2. The summed E-state index contributed by atoms with van der Waals surface area (Å²) in [6, 6.07) is 4.42. The second kappa shape index (κ2) is 11.9. The smallest absolute Gasteiger partial charge is 0.407 e. The summed E-state index contributed by atoms with van der Waals surface area (Å²) >= 11 is 0. The van der Waals surface area contributed by atoms with Crippen molar-refractivity contribution < 1.29 is 28.2 Å². The first-order valence-electron chi connectivity index (χ1n) is 14.6. The quantitative estimate of drug-likeness (QED) is 0.480. The van der Waals surface area contributed by atoms with Gasteiger partial charge in [-0.3, -0.25) is 19.4 Å². The maximum atomic E-state index is 14.5. The molecule has 0 aliphatic carbocycles. The van der Waals surface area contributed by atoms with E-state index >= 15 is 0 Å². The monoisotopic (exact) mass is 602 g/mol. The number of carbonyl (C=O) groups is 2. The first-order valence-corrected chi connectivity index (χ1v) is 14.6. The van der Waals surface area contributed by atoms with Crippen molar-refractivity contribution in [3.63, 3.8) is 0 Å².